The number of nitro benzene ring substituents is 1. The Morgan fingerprint density at radius 3 is 1.95 bits per heavy atom. The topological polar surface area (TPSA) is 53.0 Å². The van der Waals surface area contributed by atoms with Crippen molar-refractivity contribution in [2.75, 3.05) is 0 Å². The lowest BCUT2D eigenvalue weighted by Crippen LogP contribution is -2.40. The molecule has 11 rings (SSSR count). The number of non-ortho nitro benzene ring substituents is 1. The molecule has 0 fully saturated rings. The van der Waals surface area contributed by atoms with Gasteiger partial charge in [0.15, 0.2) is 0 Å². The molecule has 4 atom stereocenters. The van der Waals surface area contributed by atoms with Crippen LogP contribution in [0.25, 0.3) is 71.6 Å². The molecule has 0 saturated carbocycles. The number of rotatable bonds is 5. The molecule has 3 aliphatic rings. The van der Waals surface area contributed by atoms with Crippen LogP contribution in [0.2, 0.25) is 0 Å². The van der Waals surface area contributed by atoms with Gasteiger partial charge in [-0.05, 0) is 76.2 Å². The van der Waals surface area contributed by atoms with Gasteiger partial charge in [-0.2, -0.15) is 0 Å². The van der Waals surface area contributed by atoms with Crippen molar-refractivity contribution in [1.29, 1.82) is 0 Å². The predicted molar refractivity (Wildman–Crippen MR) is 230 cm³/mol. The molecule has 3 aliphatic carbocycles. The maximum absolute atomic E-state index is 11.6. The van der Waals surface area contributed by atoms with Gasteiger partial charge in [-0.1, -0.05) is 140 Å². The molecule has 0 amide bonds. The number of nitrogens with zero attached hydrogens (tertiary/aromatic N) is 3. The van der Waals surface area contributed by atoms with E-state index in [1.807, 2.05) is 18.2 Å². The van der Waals surface area contributed by atoms with Crippen LogP contribution in [0.15, 0.2) is 194 Å². The normalized spacial score (nSPS) is 21.2. The highest BCUT2D eigenvalue weighted by Gasteiger charge is 2.45. The Balaban J connectivity index is 0.978. The zero-order valence-electron chi connectivity index (χ0n) is 30.8. The molecule has 56 heavy (non-hydrogen) atoms. The van der Waals surface area contributed by atoms with Gasteiger partial charge in [0.2, 0.25) is 0 Å². The van der Waals surface area contributed by atoms with E-state index in [0.29, 0.717) is 11.8 Å². The van der Waals surface area contributed by atoms with Crippen LogP contribution in [0, 0.1) is 27.4 Å². The summed E-state index contributed by atoms with van der Waals surface area (Å²) in [5.74, 6) is 0.714. The Kier molecular flexibility index (Phi) is 7.11. The molecule has 0 bridgehead atoms. The number of allylic oxidation sites excluding steroid dienone is 10. The summed E-state index contributed by atoms with van der Waals surface area (Å²) < 4.78 is 4.70. The first-order chi connectivity index (χ1) is 27.5. The van der Waals surface area contributed by atoms with Crippen LogP contribution in [0.1, 0.15) is 13.0 Å². The van der Waals surface area contributed by atoms with Gasteiger partial charge in [0.1, 0.15) is 0 Å². The third-order valence-corrected chi connectivity index (χ3v) is 12.6. The quantitative estimate of drug-likeness (QED) is 0.131. The lowest BCUT2D eigenvalue weighted by Gasteiger charge is -2.48. The minimum atomic E-state index is -0.341. The van der Waals surface area contributed by atoms with Crippen LogP contribution >= 0.6 is 0 Å². The van der Waals surface area contributed by atoms with Crippen molar-refractivity contribution >= 4 is 49.3 Å². The molecule has 2 aromatic heterocycles. The van der Waals surface area contributed by atoms with Gasteiger partial charge in [0, 0.05) is 56.0 Å². The Hall–Kier alpha value is -6.98. The van der Waals surface area contributed by atoms with Gasteiger partial charge in [0.05, 0.1) is 27.7 Å². The van der Waals surface area contributed by atoms with Crippen molar-refractivity contribution in [3.05, 3.63) is 204 Å². The second-order valence-electron chi connectivity index (χ2n) is 15.5. The number of hydrogen-bond acceptors (Lipinski definition) is 2. The molecule has 0 N–H and O–H groups in total. The van der Waals surface area contributed by atoms with Crippen LogP contribution < -0.4 is 0 Å². The number of benzene rings is 6. The van der Waals surface area contributed by atoms with Crippen molar-refractivity contribution < 1.29 is 4.92 Å². The van der Waals surface area contributed by atoms with E-state index in [1.54, 1.807) is 12.1 Å². The summed E-state index contributed by atoms with van der Waals surface area (Å²) in [7, 11) is 0. The van der Waals surface area contributed by atoms with Crippen molar-refractivity contribution in [1.82, 2.24) is 9.13 Å². The second kappa shape index (κ2) is 12.3. The first-order valence-corrected chi connectivity index (χ1v) is 19.3. The second-order valence-corrected chi connectivity index (χ2v) is 15.5. The molecular weight excluding hydrogens is 687 g/mol. The highest BCUT2D eigenvalue weighted by Crippen LogP contribution is 2.54. The highest BCUT2D eigenvalue weighted by molar-refractivity contribution is 6.11. The minimum Gasteiger partial charge on any atom is -0.333 e. The fourth-order valence-electron chi connectivity index (χ4n) is 9.86. The Morgan fingerprint density at radius 2 is 1.20 bits per heavy atom. The number of fused-ring (bicyclic) bond motifs is 9. The van der Waals surface area contributed by atoms with Crippen LogP contribution in [-0.4, -0.2) is 14.1 Å². The molecule has 6 aromatic carbocycles. The summed E-state index contributed by atoms with van der Waals surface area (Å²) in [5, 5.41) is 16.4. The zero-order chi connectivity index (χ0) is 37.5. The van der Waals surface area contributed by atoms with Gasteiger partial charge < -0.3 is 9.13 Å². The van der Waals surface area contributed by atoms with E-state index in [-0.39, 0.29) is 22.1 Å². The molecule has 0 aliphatic heterocycles. The molecule has 268 valence electrons. The largest absolute Gasteiger partial charge is 0.333 e. The molecule has 5 nitrogen and oxygen atoms in total. The summed E-state index contributed by atoms with van der Waals surface area (Å²) in [6.07, 6.45) is 20.9. The van der Waals surface area contributed by atoms with Gasteiger partial charge in [0.25, 0.3) is 5.69 Å². The Labute approximate surface area is 324 Å². The summed E-state index contributed by atoms with van der Waals surface area (Å²) in [6, 6.07) is 46.5. The van der Waals surface area contributed by atoms with Crippen LogP contribution in [-0.2, 0) is 0 Å². The van der Waals surface area contributed by atoms with E-state index >= 15 is 0 Å². The first-order valence-electron chi connectivity index (χ1n) is 19.3. The molecule has 4 unspecified atom stereocenters. The predicted octanol–water partition coefficient (Wildman–Crippen LogP) is 13.1. The average Bonchev–Trinajstić information content (AvgIpc) is 3.76. The first kappa shape index (κ1) is 32.5. The van der Waals surface area contributed by atoms with E-state index in [9.17, 15) is 10.1 Å². The van der Waals surface area contributed by atoms with Crippen LogP contribution in [0.5, 0.6) is 0 Å². The van der Waals surface area contributed by atoms with Gasteiger partial charge in [-0.15, -0.1) is 0 Å². The molecule has 0 radical (unpaired) electrons. The van der Waals surface area contributed by atoms with Gasteiger partial charge in [-0.3, -0.25) is 10.1 Å². The van der Waals surface area contributed by atoms with Crippen molar-refractivity contribution in [3.8, 4) is 27.9 Å². The maximum atomic E-state index is 11.6. The van der Waals surface area contributed by atoms with Gasteiger partial charge in [-0.25, -0.2) is 0 Å². The zero-order valence-corrected chi connectivity index (χ0v) is 30.8. The molecule has 2 heterocycles. The molecule has 8 aromatic rings. The lowest BCUT2D eigenvalue weighted by atomic mass is 9.58. The number of aromatic nitrogens is 2. The van der Waals surface area contributed by atoms with E-state index in [0.717, 1.165) is 38.6 Å². The minimum absolute atomic E-state index is 0.0205. The van der Waals surface area contributed by atoms with E-state index in [1.165, 1.54) is 44.6 Å². The average molecular weight is 724 g/mol. The Morgan fingerprint density at radius 1 is 0.589 bits per heavy atom. The van der Waals surface area contributed by atoms with Crippen molar-refractivity contribution in [2.45, 2.75) is 13.0 Å². The maximum Gasteiger partial charge on any atom is 0.271 e. The summed E-state index contributed by atoms with van der Waals surface area (Å²) in [4.78, 5) is 11.3. The van der Waals surface area contributed by atoms with E-state index in [4.69, 9.17) is 0 Å². The standard InChI is InChI=1S/C51H37N3O2/c1-51-28-9-8-11-37(51)31-50(42-16-2-5-17-45(42)51)53-47-19-7-4-15-41(47)44-30-36(25-27-49(44)53)34-22-20-33(21-23-34)35-24-26-48-43(29-35)40-14-3-6-18-46(40)52(48)38-12-10-13-39(32-38)54(55)56/h2-32,42,45,50H,1H3. The highest BCUT2D eigenvalue weighted by atomic mass is 16.6. The molecular formula is C51H37N3O2. The summed E-state index contributed by atoms with van der Waals surface area (Å²) in [6.45, 7) is 2.39. The number of hydrogen-bond donors (Lipinski definition) is 0. The third-order valence-electron chi connectivity index (χ3n) is 12.6. The lowest BCUT2D eigenvalue weighted by molar-refractivity contribution is -0.384. The van der Waals surface area contributed by atoms with Crippen molar-refractivity contribution in [3.63, 3.8) is 0 Å². The van der Waals surface area contributed by atoms with Crippen LogP contribution in [0.3, 0.4) is 0 Å². The van der Waals surface area contributed by atoms with Crippen molar-refractivity contribution in [2.24, 2.45) is 17.3 Å². The fourth-order valence-corrected chi connectivity index (χ4v) is 9.86. The third kappa shape index (κ3) is 4.80. The number of nitro groups is 1. The smallest absolute Gasteiger partial charge is 0.271 e. The molecule has 0 saturated heterocycles. The fraction of sp³-hybridized carbons (Fsp3) is 0.0980. The number of para-hydroxylation sites is 2. The van der Waals surface area contributed by atoms with E-state index < -0.39 is 0 Å². The van der Waals surface area contributed by atoms with Gasteiger partial charge >= 0.3 is 0 Å². The Bertz CT molecular complexity index is 3100. The summed E-state index contributed by atoms with van der Waals surface area (Å²) >= 11 is 0. The molecule has 0 spiro atoms. The molecule has 5 heteroatoms. The monoisotopic (exact) mass is 723 g/mol. The summed E-state index contributed by atoms with van der Waals surface area (Å²) in [5.41, 5.74) is 11.4. The van der Waals surface area contributed by atoms with E-state index in [2.05, 4.69) is 168 Å². The van der Waals surface area contributed by atoms with Crippen LogP contribution in [0.4, 0.5) is 5.69 Å². The SMILES string of the molecule is CC12C=CC=CC1=CC(n1c3ccccc3c3cc(-c4ccc(-c5ccc6c(c5)c5ccccc5n6-c5cccc([N+](=O)[O-])c5)cc4)ccc31)C1C=CC=CC12.